The lowest BCUT2D eigenvalue weighted by molar-refractivity contribution is -0.137. The Morgan fingerprint density at radius 2 is 1.39 bits per heavy atom. The van der Waals surface area contributed by atoms with E-state index in [2.05, 4.69) is 0 Å². The number of nitrogens with two attached hydrogens (primary N) is 2. The first-order valence-electron chi connectivity index (χ1n) is 5.21. The van der Waals surface area contributed by atoms with Gasteiger partial charge in [0.25, 0.3) is 0 Å². The van der Waals surface area contributed by atoms with E-state index >= 15 is 0 Å². The van der Waals surface area contributed by atoms with Crippen LogP contribution >= 0.6 is 0 Å². The summed E-state index contributed by atoms with van der Waals surface area (Å²) in [4.78, 5) is 0. The van der Waals surface area contributed by atoms with Gasteiger partial charge in [0.1, 0.15) is 0 Å². The topological polar surface area (TPSA) is 52.0 Å². The number of halogens is 3. The van der Waals surface area contributed by atoms with E-state index in [0.717, 1.165) is 12.1 Å². The van der Waals surface area contributed by atoms with Crippen LogP contribution in [0.25, 0.3) is 11.1 Å². The molecule has 2 aromatic rings. The molecule has 2 rings (SSSR count). The highest BCUT2D eigenvalue weighted by Crippen LogP contribution is 2.36. The molecular formula is C13H11F3N2. The van der Waals surface area contributed by atoms with Gasteiger partial charge in [0.2, 0.25) is 0 Å². The average Bonchev–Trinajstić information content (AvgIpc) is 2.29. The minimum Gasteiger partial charge on any atom is -0.398 e. The molecule has 0 aliphatic carbocycles. The summed E-state index contributed by atoms with van der Waals surface area (Å²) in [6, 6.07) is 10.1. The highest BCUT2D eigenvalue weighted by molar-refractivity contribution is 5.84. The van der Waals surface area contributed by atoms with Crippen LogP contribution in [0.1, 0.15) is 5.56 Å². The largest absolute Gasteiger partial charge is 0.416 e. The summed E-state index contributed by atoms with van der Waals surface area (Å²) in [6.45, 7) is 0. The van der Waals surface area contributed by atoms with Crippen LogP contribution in [0.2, 0.25) is 0 Å². The van der Waals surface area contributed by atoms with Crippen LogP contribution in [0.5, 0.6) is 0 Å². The second-order valence-corrected chi connectivity index (χ2v) is 3.89. The van der Waals surface area contributed by atoms with E-state index in [-0.39, 0.29) is 5.69 Å². The van der Waals surface area contributed by atoms with Crippen molar-refractivity contribution >= 4 is 11.4 Å². The van der Waals surface area contributed by atoms with Gasteiger partial charge >= 0.3 is 6.18 Å². The molecule has 2 aromatic carbocycles. The molecule has 0 heterocycles. The standard InChI is InChI=1S/C13H11F3N2/c14-13(15,16)8-5-6-10(12(18)7-8)9-3-1-2-4-11(9)17/h1-7H,17-18H2. The molecule has 5 heteroatoms. The zero-order valence-corrected chi connectivity index (χ0v) is 9.33. The third kappa shape index (κ3) is 2.25. The molecule has 0 aliphatic heterocycles. The van der Waals surface area contributed by atoms with Crippen LogP contribution < -0.4 is 11.5 Å². The molecule has 0 radical (unpaired) electrons. The van der Waals surface area contributed by atoms with Crippen molar-refractivity contribution in [3.05, 3.63) is 48.0 Å². The van der Waals surface area contributed by atoms with E-state index in [4.69, 9.17) is 11.5 Å². The van der Waals surface area contributed by atoms with Crippen molar-refractivity contribution in [3.8, 4) is 11.1 Å². The Bertz CT molecular complexity index is 577. The van der Waals surface area contributed by atoms with Crippen molar-refractivity contribution in [2.24, 2.45) is 0 Å². The highest BCUT2D eigenvalue weighted by Gasteiger charge is 2.30. The van der Waals surface area contributed by atoms with Crippen molar-refractivity contribution in [2.45, 2.75) is 6.18 Å². The van der Waals surface area contributed by atoms with Gasteiger partial charge in [-0.05, 0) is 18.2 Å². The van der Waals surface area contributed by atoms with Gasteiger partial charge < -0.3 is 11.5 Å². The summed E-state index contributed by atoms with van der Waals surface area (Å²) >= 11 is 0. The summed E-state index contributed by atoms with van der Waals surface area (Å²) in [5.74, 6) is 0. The van der Waals surface area contributed by atoms with E-state index in [1.807, 2.05) is 0 Å². The molecule has 0 aliphatic rings. The zero-order chi connectivity index (χ0) is 13.3. The maximum absolute atomic E-state index is 12.5. The second kappa shape index (κ2) is 4.25. The number of anilines is 2. The predicted octanol–water partition coefficient (Wildman–Crippen LogP) is 3.54. The van der Waals surface area contributed by atoms with Crippen LogP contribution in [0.4, 0.5) is 24.5 Å². The number of para-hydroxylation sites is 1. The van der Waals surface area contributed by atoms with Gasteiger partial charge in [-0.25, -0.2) is 0 Å². The Hall–Kier alpha value is -2.17. The van der Waals surface area contributed by atoms with Gasteiger partial charge in [-0.2, -0.15) is 13.2 Å². The summed E-state index contributed by atoms with van der Waals surface area (Å²) in [5, 5.41) is 0. The summed E-state index contributed by atoms with van der Waals surface area (Å²) in [6.07, 6.45) is -4.39. The molecule has 0 atom stereocenters. The minimum absolute atomic E-state index is 0.0581. The van der Waals surface area contributed by atoms with E-state index in [0.29, 0.717) is 16.8 Å². The molecule has 94 valence electrons. The molecule has 0 saturated carbocycles. The Morgan fingerprint density at radius 3 is 1.94 bits per heavy atom. The highest BCUT2D eigenvalue weighted by atomic mass is 19.4. The van der Waals surface area contributed by atoms with Crippen LogP contribution in [-0.4, -0.2) is 0 Å². The summed E-state index contributed by atoms with van der Waals surface area (Å²) < 4.78 is 37.5. The molecule has 0 fully saturated rings. The maximum Gasteiger partial charge on any atom is 0.416 e. The molecule has 0 amide bonds. The molecule has 2 nitrogen and oxygen atoms in total. The SMILES string of the molecule is Nc1ccccc1-c1ccc(C(F)(F)F)cc1N. The molecule has 0 unspecified atom stereocenters. The zero-order valence-electron chi connectivity index (χ0n) is 9.33. The van der Waals surface area contributed by atoms with E-state index in [1.54, 1.807) is 24.3 Å². The smallest absolute Gasteiger partial charge is 0.398 e. The average molecular weight is 252 g/mol. The Labute approximate surface area is 102 Å². The van der Waals surface area contributed by atoms with Crippen LogP contribution in [0, 0.1) is 0 Å². The fourth-order valence-corrected chi connectivity index (χ4v) is 1.73. The third-order valence-corrected chi connectivity index (χ3v) is 2.63. The van der Waals surface area contributed by atoms with Gasteiger partial charge in [-0.3, -0.25) is 0 Å². The van der Waals surface area contributed by atoms with Gasteiger partial charge in [-0.1, -0.05) is 24.3 Å². The lowest BCUT2D eigenvalue weighted by Gasteiger charge is -2.12. The predicted molar refractivity (Wildman–Crippen MR) is 65.7 cm³/mol. The van der Waals surface area contributed by atoms with Crippen molar-refractivity contribution in [2.75, 3.05) is 11.5 Å². The number of alkyl halides is 3. The number of rotatable bonds is 1. The number of hydrogen-bond acceptors (Lipinski definition) is 2. The molecule has 0 aromatic heterocycles. The minimum atomic E-state index is -4.39. The number of nitrogen functional groups attached to an aromatic ring is 2. The first kappa shape index (κ1) is 12.3. The summed E-state index contributed by atoms with van der Waals surface area (Å²) in [5.41, 5.74) is 12.3. The number of benzene rings is 2. The van der Waals surface area contributed by atoms with Gasteiger partial charge in [-0.15, -0.1) is 0 Å². The van der Waals surface area contributed by atoms with Crippen molar-refractivity contribution in [1.82, 2.24) is 0 Å². The quantitative estimate of drug-likeness (QED) is 0.763. The van der Waals surface area contributed by atoms with E-state index in [9.17, 15) is 13.2 Å². The fraction of sp³-hybridized carbons (Fsp3) is 0.0769. The lowest BCUT2D eigenvalue weighted by Crippen LogP contribution is -2.06. The molecule has 0 bridgehead atoms. The molecule has 0 saturated heterocycles. The van der Waals surface area contributed by atoms with Crippen LogP contribution in [0.15, 0.2) is 42.5 Å². The normalized spacial score (nSPS) is 11.5. The van der Waals surface area contributed by atoms with E-state index < -0.39 is 11.7 Å². The van der Waals surface area contributed by atoms with Gasteiger partial charge in [0, 0.05) is 22.5 Å². The monoisotopic (exact) mass is 252 g/mol. The molecule has 0 spiro atoms. The Balaban J connectivity index is 2.52. The second-order valence-electron chi connectivity index (χ2n) is 3.89. The van der Waals surface area contributed by atoms with E-state index in [1.165, 1.54) is 6.07 Å². The number of hydrogen-bond donors (Lipinski definition) is 2. The first-order chi connectivity index (χ1) is 8.39. The molecule has 18 heavy (non-hydrogen) atoms. The summed E-state index contributed by atoms with van der Waals surface area (Å²) in [7, 11) is 0. The third-order valence-electron chi connectivity index (χ3n) is 2.63. The van der Waals surface area contributed by atoms with Gasteiger partial charge in [0.05, 0.1) is 5.56 Å². The Kier molecular flexibility index (Phi) is 2.90. The fourth-order valence-electron chi connectivity index (χ4n) is 1.73. The van der Waals surface area contributed by atoms with Crippen LogP contribution in [0.3, 0.4) is 0 Å². The van der Waals surface area contributed by atoms with Crippen LogP contribution in [-0.2, 0) is 6.18 Å². The van der Waals surface area contributed by atoms with Gasteiger partial charge in [0.15, 0.2) is 0 Å². The first-order valence-corrected chi connectivity index (χ1v) is 5.21. The van der Waals surface area contributed by atoms with Crippen molar-refractivity contribution in [3.63, 3.8) is 0 Å². The Morgan fingerprint density at radius 1 is 0.778 bits per heavy atom. The lowest BCUT2D eigenvalue weighted by atomic mass is 10.00. The van der Waals surface area contributed by atoms with Crippen molar-refractivity contribution < 1.29 is 13.2 Å². The van der Waals surface area contributed by atoms with Crippen molar-refractivity contribution in [1.29, 1.82) is 0 Å². The molecular weight excluding hydrogens is 241 g/mol. The maximum atomic E-state index is 12.5. The molecule has 4 N–H and O–H groups in total.